The minimum Gasteiger partial charge on any atom is -0.299 e. The van der Waals surface area contributed by atoms with Crippen molar-refractivity contribution in [3.8, 4) is 0 Å². The molecule has 0 amide bonds. The summed E-state index contributed by atoms with van der Waals surface area (Å²) in [5.41, 5.74) is 0.0495. The number of carbonyl (C=O) groups is 1. The van der Waals surface area contributed by atoms with Gasteiger partial charge in [-0.15, -0.1) is 18.2 Å². The maximum Gasteiger partial charge on any atom is 0.139 e. The first kappa shape index (κ1) is 11.2. The van der Waals surface area contributed by atoms with E-state index in [1.54, 1.807) is 0 Å². The Kier molecular flexibility index (Phi) is 2.31. The molecule has 3 aliphatic rings. The normalized spacial score (nSPS) is 37.8. The number of Topliss-reactive ketones (excluding diaryl/α,β-unsaturated/α-hetero) is 1. The molecule has 0 N–H and O–H groups in total. The first-order valence-electron chi connectivity index (χ1n) is 5.64. The van der Waals surface area contributed by atoms with E-state index in [1.165, 1.54) is 0 Å². The standard InChI is InChI=1S/C13H19ClO/c1-4-5-11(2,3)6-10(15)12-7-13(14,8-12)9-12/h4H,1,5-9H2,2-3H3. The lowest BCUT2D eigenvalue weighted by atomic mass is 9.41. The Hall–Kier alpha value is -0.300. The zero-order chi connectivity index (χ0) is 11.3. The zero-order valence-electron chi connectivity index (χ0n) is 9.61. The molecule has 0 aromatic rings. The lowest BCUT2D eigenvalue weighted by Gasteiger charge is -2.66. The number of allylic oxidation sites excluding steroid dienone is 1. The van der Waals surface area contributed by atoms with Crippen molar-refractivity contribution < 1.29 is 4.79 Å². The molecule has 3 aliphatic carbocycles. The van der Waals surface area contributed by atoms with E-state index in [2.05, 4.69) is 20.4 Å². The number of carbonyl (C=O) groups excluding carboxylic acids is 1. The molecule has 3 saturated carbocycles. The molecule has 0 spiro atoms. The molecule has 1 nitrogen and oxygen atoms in total. The molecular weight excluding hydrogens is 208 g/mol. The predicted octanol–water partition coefficient (Wildman–Crippen LogP) is 3.71. The second kappa shape index (κ2) is 3.10. The molecule has 0 aromatic heterocycles. The highest BCUT2D eigenvalue weighted by Gasteiger charge is 2.70. The average Bonchev–Trinajstić information content (AvgIpc) is 1.95. The highest BCUT2D eigenvalue weighted by Crippen LogP contribution is 2.71. The number of rotatable bonds is 5. The third kappa shape index (κ3) is 1.75. The van der Waals surface area contributed by atoms with Crippen LogP contribution in [0.2, 0.25) is 0 Å². The van der Waals surface area contributed by atoms with Crippen LogP contribution in [-0.4, -0.2) is 10.7 Å². The van der Waals surface area contributed by atoms with Crippen molar-refractivity contribution in [2.24, 2.45) is 10.8 Å². The van der Waals surface area contributed by atoms with E-state index in [0.29, 0.717) is 12.2 Å². The first-order valence-corrected chi connectivity index (χ1v) is 6.02. The molecule has 15 heavy (non-hydrogen) atoms. The molecule has 2 bridgehead atoms. The molecule has 0 saturated heterocycles. The molecule has 2 heteroatoms. The number of hydrogen-bond donors (Lipinski definition) is 0. The van der Waals surface area contributed by atoms with Crippen molar-refractivity contribution in [3.63, 3.8) is 0 Å². The lowest BCUT2D eigenvalue weighted by Crippen LogP contribution is -2.67. The van der Waals surface area contributed by atoms with E-state index in [1.807, 2.05) is 6.08 Å². The third-order valence-electron chi connectivity index (χ3n) is 3.89. The van der Waals surface area contributed by atoms with E-state index >= 15 is 0 Å². The van der Waals surface area contributed by atoms with Gasteiger partial charge < -0.3 is 0 Å². The summed E-state index contributed by atoms with van der Waals surface area (Å²) in [5, 5.41) is 0. The molecule has 84 valence electrons. The van der Waals surface area contributed by atoms with Gasteiger partial charge in [-0.2, -0.15) is 0 Å². The monoisotopic (exact) mass is 226 g/mol. The fourth-order valence-corrected chi connectivity index (χ4v) is 3.81. The van der Waals surface area contributed by atoms with E-state index in [4.69, 9.17) is 11.6 Å². The molecule has 0 aliphatic heterocycles. The van der Waals surface area contributed by atoms with Crippen LogP contribution in [0.25, 0.3) is 0 Å². The van der Waals surface area contributed by atoms with Crippen LogP contribution in [-0.2, 0) is 4.79 Å². The third-order valence-corrected chi connectivity index (χ3v) is 4.29. The molecule has 3 rings (SSSR count). The Balaban J connectivity index is 1.91. The van der Waals surface area contributed by atoms with Crippen LogP contribution in [0, 0.1) is 10.8 Å². The van der Waals surface area contributed by atoms with Gasteiger partial charge >= 0.3 is 0 Å². The first-order chi connectivity index (χ1) is 6.81. The lowest BCUT2D eigenvalue weighted by molar-refractivity contribution is -0.158. The molecule has 0 unspecified atom stereocenters. The van der Waals surface area contributed by atoms with Gasteiger partial charge in [0, 0.05) is 16.7 Å². The summed E-state index contributed by atoms with van der Waals surface area (Å²) in [5.74, 6) is 0.428. The molecule has 0 atom stereocenters. The van der Waals surface area contributed by atoms with Gasteiger partial charge in [0.25, 0.3) is 0 Å². The Morgan fingerprint density at radius 2 is 2.00 bits per heavy atom. The van der Waals surface area contributed by atoms with Crippen molar-refractivity contribution in [1.29, 1.82) is 0 Å². The van der Waals surface area contributed by atoms with E-state index in [-0.39, 0.29) is 15.7 Å². The van der Waals surface area contributed by atoms with Crippen LogP contribution in [0.1, 0.15) is 46.0 Å². The maximum atomic E-state index is 12.1. The molecule has 0 heterocycles. The van der Waals surface area contributed by atoms with Crippen LogP contribution >= 0.6 is 11.6 Å². The summed E-state index contributed by atoms with van der Waals surface area (Å²) in [6, 6.07) is 0. The highest BCUT2D eigenvalue weighted by atomic mass is 35.5. The fourth-order valence-electron chi connectivity index (χ4n) is 3.04. The zero-order valence-corrected chi connectivity index (χ0v) is 10.4. The van der Waals surface area contributed by atoms with Crippen molar-refractivity contribution >= 4 is 17.4 Å². The second-order valence-corrected chi connectivity index (χ2v) is 7.02. The molecule has 3 fully saturated rings. The number of alkyl halides is 1. The van der Waals surface area contributed by atoms with E-state index < -0.39 is 0 Å². The van der Waals surface area contributed by atoms with Crippen molar-refractivity contribution in [3.05, 3.63) is 12.7 Å². The van der Waals surface area contributed by atoms with Gasteiger partial charge in [-0.25, -0.2) is 0 Å². The summed E-state index contributed by atoms with van der Waals surface area (Å²) in [6.45, 7) is 8.00. The Labute approximate surface area is 96.9 Å². The predicted molar refractivity (Wildman–Crippen MR) is 63.1 cm³/mol. The van der Waals surface area contributed by atoms with E-state index in [0.717, 1.165) is 25.7 Å². The molecular formula is C13H19ClO. The SMILES string of the molecule is C=CCC(C)(C)CC(=O)C12CC(Cl)(C1)C2. The van der Waals surface area contributed by atoms with Gasteiger partial charge in [0.2, 0.25) is 0 Å². The van der Waals surface area contributed by atoms with Crippen LogP contribution in [0.5, 0.6) is 0 Å². The van der Waals surface area contributed by atoms with E-state index in [9.17, 15) is 4.79 Å². The topological polar surface area (TPSA) is 17.1 Å². The number of halogens is 1. The highest BCUT2D eigenvalue weighted by molar-refractivity contribution is 6.27. The Morgan fingerprint density at radius 1 is 1.47 bits per heavy atom. The minimum atomic E-state index is -0.0137. The van der Waals surface area contributed by atoms with Gasteiger partial charge in [0.15, 0.2) is 0 Å². The molecule has 0 aromatic carbocycles. The van der Waals surface area contributed by atoms with Gasteiger partial charge in [0.1, 0.15) is 5.78 Å². The van der Waals surface area contributed by atoms with Crippen LogP contribution in [0.15, 0.2) is 12.7 Å². The Bertz CT molecular complexity index is 297. The minimum absolute atomic E-state index is 0.0121. The number of hydrogen-bond acceptors (Lipinski definition) is 1. The van der Waals surface area contributed by atoms with Crippen LogP contribution in [0.4, 0.5) is 0 Å². The summed E-state index contributed by atoms with van der Waals surface area (Å²) in [4.78, 5) is 12.1. The number of ketones is 1. The van der Waals surface area contributed by atoms with Crippen molar-refractivity contribution in [2.45, 2.75) is 50.8 Å². The van der Waals surface area contributed by atoms with Crippen molar-refractivity contribution in [1.82, 2.24) is 0 Å². The fraction of sp³-hybridized carbons (Fsp3) is 0.769. The van der Waals surface area contributed by atoms with Gasteiger partial charge in [-0.1, -0.05) is 19.9 Å². The Morgan fingerprint density at radius 3 is 2.40 bits per heavy atom. The summed E-state index contributed by atoms with van der Waals surface area (Å²) < 4.78 is 0. The van der Waals surface area contributed by atoms with Gasteiger partial charge in [-0.3, -0.25) is 4.79 Å². The van der Waals surface area contributed by atoms with Gasteiger partial charge in [0.05, 0.1) is 0 Å². The quantitative estimate of drug-likeness (QED) is 0.516. The largest absolute Gasteiger partial charge is 0.299 e. The second-order valence-electron chi connectivity index (χ2n) is 6.22. The molecule has 0 radical (unpaired) electrons. The summed E-state index contributed by atoms with van der Waals surface area (Å²) >= 11 is 6.17. The summed E-state index contributed by atoms with van der Waals surface area (Å²) in [6.07, 6.45) is 6.24. The van der Waals surface area contributed by atoms with Crippen LogP contribution in [0.3, 0.4) is 0 Å². The van der Waals surface area contributed by atoms with Crippen molar-refractivity contribution in [2.75, 3.05) is 0 Å². The van der Waals surface area contributed by atoms with Crippen LogP contribution < -0.4 is 0 Å². The maximum absolute atomic E-state index is 12.1. The van der Waals surface area contributed by atoms with Gasteiger partial charge in [-0.05, 0) is 31.1 Å². The smallest absolute Gasteiger partial charge is 0.139 e. The summed E-state index contributed by atoms with van der Waals surface area (Å²) in [7, 11) is 0. The average molecular weight is 227 g/mol.